The normalized spacial score (nSPS) is 11.9. The maximum atomic E-state index is 6.35. The zero-order valence-corrected chi connectivity index (χ0v) is 24.4. The second-order valence-corrected chi connectivity index (χ2v) is 11.4. The van der Waals surface area contributed by atoms with Crippen LogP contribution >= 0.6 is 0 Å². The Morgan fingerprint density at radius 1 is 0.435 bits per heavy atom. The van der Waals surface area contributed by atoms with Crippen molar-refractivity contribution in [3.63, 3.8) is 0 Å². The highest BCUT2D eigenvalue weighted by molar-refractivity contribution is 5.95. The third kappa shape index (κ3) is 3.63. The summed E-state index contributed by atoms with van der Waals surface area (Å²) >= 11 is 0. The Balaban J connectivity index is 1.09. The van der Waals surface area contributed by atoms with Gasteiger partial charge in [-0.15, -0.1) is 0 Å². The predicted molar refractivity (Wildman–Crippen MR) is 183 cm³/mol. The fraction of sp³-hybridized carbons (Fsp3) is 0. The Hall–Kier alpha value is -6.47. The van der Waals surface area contributed by atoms with Crippen LogP contribution < -0.4 is 0 Å². The highest BCUT2D eigenvalue weighted by Crippen LogP contribution is 2.34. The van der Waals surface area contributed by atoms with E-state index < -0.39 is 0 Å². The van der Waals surface area contributed by atoms with Crippen LogP contribution in [0.15, 0.2) is 150 Å². The highest BCUT2D eigenvalue weighted by Gasteiger charge is 2.19. The lowest BCUT2D eigenvalue weighted by Crippen LogP contribution is -1.97. The number of imidazole rings is 3. The van der Waals surface area contributed by atoms with Crippen molar-refractivity contribution in [2.75, 3.05) is 0 Å². The van der Waals surface area contributed by atoms with Crippen LogP contribution in [0.25, 0.3) is 84.2 Å². The first-order valence-corrected chi connectivity index (χ1v) is 15.2. The molecule has 10 aromatic rings. The summed E-state index contributed by atoms with van der Waals surface area (Å²) in [6.07, 6.45) is 0. The fourth-order valence-corrected chi connectivity index (χ4v) is 6.60. The van der Waals surface area contributed by atoms with Gasteiger partial charge in [-0.05, 0) is 66.7 Å². The van der Waals surface area contributed by atoms with Crippen molar-refractivity contribution in [3.8, 4) is 34.2 Å². The van der Waals surface area contributed by atoms with E-state index in [9.17, 15) is 0 Å². The molecule has 0 unspecified atom stereocenters. The molecule has 7 nitrogen and oxygen atoms in total. The number of fused-ring (bicyclic) bond motifs is 7. The van der Waals surface area contributed by atoms with Crippen molar-refractivity contribution < 1.29 is 4.42 Å². The lowest BCUT2D eigenvalue weighted by Gasteiger charge is -2.09. The number of benzene rings is 6. The minimum Gasteiger partial charge on any atom is -0.436 e. The van der Waals surface area contributed by atoms with Crippen molar-refractivity contribution in [3.05, 3.63) is 146 Å². The molecule has 0 atom stereocenters. The molecule has 0 saturated carbocycles. The Morgan fingerprint density at radius 3 is 1.91 bits per heavy atom. The van der Waals surface area contributed by atoms with Crippen molar-refractivity contribution >= 4 is 50.0 Å². The summed E-state index contributed by atoms with van der Waals surface area (Å²) in [5.41, 5.74) is 11.6. The lowest BCUT2D eigenvalue weighted by atomic mass is 10.2. The highest BCUT2D eigenvalue weighted by atomic mass is 16.3. The molecule has 0 amide bonds. The minimum atomic E-state index is 0.567. The van der Waals surface area contributed by atoms with Gasteiger partial charge in [0.15, 0.2) is 5.58 Å². The third-order valence-corrected chi connectivity index (χ3v) is 8.69. The van der Waals surface area contributed by atoms with Gasteiger partial charge in [0.1, 0.15) is 11.3 Å². The molecule has 0 aliphatic carbocycles. The largest absolute Gasteiger partial charge is 0.436 e. The van der Waals surface area contributed by atoms with Crippen LogP contribution in [0.4, 0.5) is 0 Å². The van der Waals surface area contributed by atoms with E-state index in [2.05, 4.69) is 111 Å². The average Bonchev–Trinajstić information content (AvgIpc) is 3.87. The molecule has 4 aromatic heterocycles. The summed E-state index contributed by atoms with van der Waals surface area (Å²) in [7, 11) is 0. The summed E-state index contributed by atoms with van der Waals surface area (Å²) in [5.74, 6) is 2.32. The molecule has 0 bridgehead atoms. The van der Waals surface area contributed by atoms with Gasteiger partial charge in [0.25, 0.3) is 0 Å². The van der Waals surface area contributed by atoms with Gasteiger partial charge < -0.3 is 4.42 Å². The van der Waals surface area contributed by atoms with Gasteiger partial charge >= 0.3 is 0 Å². The van der Waals surface area contributed by atoms with E-state index >= 15 is 0 Å². The van der Waals surface area contributed by atoms with Crippen LogP contribution in [0.5, 0.6) is 0 Å². The Kier molecular flexibility index (Phi) is 5.15. The quantitative estimate of drug-likeness (QED) is 0.204. The first kappa shape index (κ1) is 24.9. The molecule has 0 N–H and O–H groups in total. The Labute approximate surface area is 262 Å². The molecule has 0 fully saturated rings. The number of hydrogen-bond acceptors (Lipinski definition) is 4. The van der Waals surface area contributed by atoms with Gasteiger partial charge in [0.05, 0.1) is 33.1 Å². The molecule has 0 aliphatic heterocycles. The van der Waals surface area contributed by atoms with Gasteiger partial charge in [-0.3, -0.25) is 13.5 Å². The summed E-state index contributed by atoms with van der Waals surface area (Å²) in [5, 5.41) is 0. The zero-order chi connectivity index (χ0) is 30.2. The second kappa shape index (κ2) is 9.51. The van der Waals surface area contributed by atoms with Gasteiger partial charge in [0, 0.05) is 28.6 Å². The first-order chi connectivity index (χ1) is 22.8. The van der Waals surface area contributed by atoms with Crippen molar-refractivity contribution in [2.24, 2.45) is 0 Å². The van der Waals surface area contributed by atoms with E-state index in [1.807, 2.05) is 48.5 Å². The van der Waals surface area contributed by atoms with E-state index in [1.165, 1.54) is 0 Å². The van der Waals surface area contributed by atoms with Crippen LogP contribution in [-0.4, -0.2) is 28.5 Å². The summed E-state index contributed by atoms with van der Waals surface area (Å²) in [6, 6.07) is 49.6. The molecule has 6 aromatic carbocycles. The number of aromatic nitrogens is 6. The molecule has 4 heterocycles. The molecule has 0 saturated heterocycles. The Bertz CT molecular complexity index is 2730. The topological polar surface area (TPSA) is 66.1 Å². The summed E-state index contributed by atoms with van der Waals surface area (Å²) < 4.78 is 13.0. The van der Waals surface area contributed by atoms with Gasteiger partial charge in [-0.1, -0.05) is 72.8 Å². The molecular formula is C39H24N6O. The van der Waals surface area contributed by atoms with E-state index in [1.54, 1.807) is 0 Å². The van der Waals surface area contributed by atoms with Crippen molar-refractivity contribution in [1.82, 2.24) is 28.5 Å². The molecule has 7 heteroatoms. The monoisotopic (exact) mass is 592 g/mol. The molecule has 0 spiro atoms. The predicted octanol–water partition coefficient (Wildman–Crippen LogP) is 9.25. The molecule has 10 rings (SSSR count). The van der Waals surface area contributed by atoms with Crippen LogP contribution in [-0.2, 0) is 0 Å². The van der Waals surface area contributed by atoms with Gasteiger partial charge in [-0.2, -0.15) is 0 Å². The van der Waals surface area contributed by atoms with Crippen LogP contribution in [0, 0.1) is 0 Å². The van der Waals surface area contributed by atoms with Crippen molar-refractivity contribution in [2.45, 2.75) is 0 Å². The van der Waals surface area contributed by atoms with Gasteiger partial charge in [-0.25, -0.2) is 15.0 Å². The minimum absolute atomic E-state index is 0.567. The SMILES string of the molecule is c1ccc(-c2nc3cc4oc(-c5ccc(-n6c7ccccc7n7c8ccccc8nc67)cc5)nc4cc3n2-c2ccccc2)cc1. The first-order valence-electron chi connectivity index (χ1n) is 15.2. The fourth-order valence-electron chi connectivity index (χ4n) is 6.60. The number of rotatable bonds is 4. The van der Waals surface area contributed by atoms with Gasteiger partial charge in [0.2, 0.25) is 11.7 Å². The maximum Gasteiger partial charge on any atom is 0.227 e. The van der Waals surface area contributed by atoms with E-state index in [0.29, 0.717) is 11.5 Å². The molecular weight excluding hydrogens is 568 g/mol. The number of nitrogens with zero attached hydrogens (tertiary/aromatic N) is 6. The second-order valence-electron chi connectivity index (χ2n) is 11.4. The summed E-state index contributed by atoms with van der Waals surface area (Å²) in [4.78, 5) is 15.0. The maximum absolute atomic E-state index is 6.35. The third-order valence-electron chi connectivity index (χ3n) is 8.69. The molecule has 46 heavy (non-hydrogen) atoms. The van der Waals surface area contributed by atoms with Crippen LogP contribution in [0.3, 0.4) is 0 Å². The standard InChI is InChI=1S/C39H24N6O/c1-3-11-25(12-4-1)37-40-30-24-36-31(23-35(30)43(37)27-13-5-2-6-14-27)41-38(46-36)26-19-21-28(22-20-26)44-33-17-9-10-18-34(33)45-32-16-8-7-15-29(32)42-39(44)45/h1-24H. The van der Waals surface area contributed by atoms with E-state index in [-0.39, 0.29) is 0 Å². The molecule has 0 radical (unpaired) electrons. The van der Waals surface area contributed by atoms with E-state index in [4.69, 9.17) is 19.4 Å². The smallest absolute Gasteiger partial charge is 0.227 e. The lowest BCUT2D eigenvalue weighted by molar-refractivity contribution is 0.620. The average molecular weight is 593 g/mol. The Morgan fingerprint density at radius 2 is 1.11 bits per heavy atom. The van der Waals surface area contributed by atoms with Crippen LogP contribution in [0.2, 0.25) is 0 Å². The molecule has 216 valence electrons. The number of oxazole rings is 1. The number of para-hydroxylation sites is 5. The van der Waals surface area contributed by atoms with Crippen LogP contribution in [0.1, 0.15) is 0 Å². The molecule has 0 aliphatic rings. The zero-order valence-electron chi connectivity index (χ0n) is 24.4. The van der Waals surface area contributed by atoms with E-state index in [0.717, 1.165) is 72.7 Å². The summed E-state index contributed by atoms with van der Waals surface area (Å²) in [6.45, 7) is 0. The van der Waals surface area contributed by atoms with Crippen molar-refractivity contribution in [1.29, 1.82) is 0 Å². The number of hydrogen-bond donors (Lipinski definition) is 0.